The number of nitrogens with zero attached hydrogens (tertiary/aromatic N) is 4. The number of rotatable bonds is 4. The van der Waals surface area contributed by atoms with Gasteiger partial charge < -0.3 is 10.2 Å². The van der Waals surface area contributed by atoms with Gasteiger partial charge in [0.25, 0.3) is 0 Å². The maximum atomic E-state index is 5.80. The Hall–Kier alpha value is -2.87. The Morgan fingerprint density at radius 2 is 1.73 bits per heavy atom. The molecule has 1 saturated heterocycles. The van der Waals surface area contributed by atoms with Gasteiger partial charge in [0.15, 0.2) is 5.65 Å². The number of piperazine rings is 1. The van der Waals surface area contributed by atoms with E-state index in [1.165, 1.54) is 23.2 Å². The van der Waals surface area contributed by atoms with Gasteiger partial charge in [0.2, 0.25) is 0 Å². The van der Waals surface area contributed by atoms with Crippen molar-refractivity contribution in [2.24, 2.45) is 5.14 Å². The predicted octanol–water partition coefficient (Wildman–Crippen LogP) is 3.75. The highest BCUT2D eigenvalue weighted by Crippen LogP contribution is 2.30. The van der Waals surface area contributed by atoms with Crippen molar-refractivity contribution in [2.45, 2.75) is 11.8 Å². The summed E-state index contributed by atoms with van der Waals surface area (Å²) in [5.41, 5.74) is 7.54. The Balaban J connectivity index is 1.45. The zero-order valence-electron chi connectivity index (χ0n) is 16.9. The van der Waals surface area contributed by atoms with Crippen molar-refractivity contribution in [3.05, 3.63) is 66.6 Å². The van der Waals surface area contributed by atoms with Crippen molar-refractivity contribution in [1.82, 2.24) is 19.9 Å². The van der Waals surface area contributed by atoms with Crippen molar-refractivity contribution >= 4 is 23.3 Å². The third kappa shape index (κ3) is 3.56. The molecule has 2 aromatic heterocycles. The minimum absolute atomic E-state index is 0.841. The molecule has 3 heterocycles. The van der Waals surface area contributed by atoms with Gasteiger partial charge in [0.05, 0.1) is 6.20 Å². The molecule has 0 unspecified atom stereocenters. The molecular weight excluding hydrogens is 392 g/mol. The molecule has 0 bridgehead atoms. The molecule has 0 saturated carbocycles. The molecule has 0 spiro atoms. The third-order valence-corrected chi connectivity index (χ3v) is 6.36. The molecule has 4 aromatic rings. The molecule has 5 rings (SSSR count). The fraction of sp³-hybridized carbons (Fsp3) is 0.217. The van der Waals surface area contributed by atoms with Crippen LogP contribution >= 0.6 is 11.9 Å². The summed E-state index contributed by atoms with van der Waals surface area (Å²) in [5.74, 6) is 0. The van der Waals surface area contributed by atoms with E-state index in [4.69, 9.17) is 10.1 Å². The van der Waals surface area contributed by atoms with Crippen molar-refractivity contribution < 1.29 is 0 Å². The van der Waals surface area contributed by atoms with Crippen LogP contribution in [0, 0.1) is 6.92 Å². The number of nitrogens with one attached hydrogen (secondary N) is 1. The third-order valence-electron chi connectivity index (χ3n) is 5.67. The molecule has 0 radical (unpaired) electrons. The van der Waals surface area contributed by atoms with E-state index >= 15 is 0 Å². The van der Waals surface area contributed by atoms with Gasteiger partial charge in [0, 0.05) is 60.3 Å². The summed E-state index contributed by atoms with van der Waals surface area (Å²) >= 11 is 1.27. The highest BCUT2D eigenvalue weighted by atomic mass is 32.2. The molecule has 1 aliphatic heterocycles. The summed E-state index contributed by atoms with van der Waals surface area (Å²) in [5, 5.41) is 13.7. The molecule has 7 heteroatoms. The maximum absolute atomic E-state index is 5.80. The molecule has 0 amide bonds. The molecule has 6 nitrogen and oxygen atoms in total. The van der Waals surface area contributed by atoms with Gasteiger partial charge in [-0.15, -0.1) is 0 Å². The first-order valence-corrected chi connectivity index (χ1v) is 11.0. The minimum atomic E-state index is 0.841. The lowest BCUT2D eigenvalue weighted by molar-refractivity contribution is 0.589. The monoisotopic (exact) mass is 416 g/mol. The Bertz CT molecular complexity index is 1180. The van der Waals surface area contributed by atoms with E-state index < -0.39 is 0 Å². The van der Waals surface area contributed by atoms with Crippen LogP contribution in [0.2, 0.25) is 0 Å². The van der Waals surface area contributed by atoms with Gasteiger partial charge in [-0.3, -0.25) is 5.14 Å². The molecule has 1 fully saturated rings. The van der Waals surface area contributed by atoms with Gasteiger partial charge in [-0.2, -0.15) is 5.10 Å². The molecular formula is C23H24N6S. The number of nitrogens with two attached hydrogens (primary N) is 1. The number of benzene rings is 2. The van der Waals surface area contributed by atoms with Crippen molar-refractivity contribution in [2.75, 3.05) is 31.1 Å². The SMILES string of the molecule is Cc1ccc(-c2cnn3cc(-c4ccc(N5CCNCC5)cc4)cnc23)cc1SN. The summed E-state index contributed by atoms with van der Waals surface area (Å²) in [7, 11) is 0. The summed E-state index contributed by atoms with van der Waals surface area (Å²) in [4.78, 5) is 8.20. The maximum Gasteiger partial charge on any atom is 0.162 e. The normalized spacial score (nSPS) is 14.4. The molecule has 30 heavy (non-hydrogen) atoms. The van der Waals surface area contributed by atoms with Gasteiger partial charge in [-0.25, -0.2) is 9.50 Å². The number of hydrogen-bond acceptors (Lipinski definition) is 6. The second-order valence-electron chi connectivity index (χ2n) is 7.55. The predicted molar refractivity (Wildman–Crippen MR) is 124 cm³/mol. The first-order chi connectivity index (χ1) is 14.7. The van der Waals surface area contributed by atoms with Crippen LogP contribution < -0.4 is 15.4 Å². The van der Waals surface area contributed by atoms with E-state index in [0.29, 0.717) is 0 Å². The Morgan fingerprint density at radius 1 is 0.967 bits per heavy atom. The van der Waals surface area contributed by atoms with Crippen LogP contribution in [0.1, 0.15) is 5.56 Å². The van der Waals surface area contributed by atoms with E-state index in [9.17, 15) is 0 Å². The van der Waals surface area contributed by atoms with Gasteiger partial charge >= 0.3 is 0 Å². The lowest BCUT2D eigenvalue weighted by atomic mass is 10.1. The zero-order chi connectivity index (χ0) is 20.5. The zero-order valence-corrected chi connectivity index (χ0v) is 17.7. The second kappa shape index (κ2) is 8.10. The minimum Gasteiger partial charge on any atom is -0.369 e. The van der Waals surface area contributed by atoms with E-state index in [1.807, 2.05) is 23.1 Å². The first kappa shape index (κ1) is 19.1. The highest BCUT2D eigenvalue weighted by Gasteiger charge is 2.13. The van der Waals surface area contributed by atoms with Crippen molar-refractivity contribution in [3.63, 3.8) is 0 Å². The van der Waals surface area contributed by atoms with Crippen LogP contribution in [0.15, 0.2) is 66.0 Å². The van der Waals surface area contributed by atoms with Crippen LogP contribution in [-0.4, -0.2) is 40.8 Å². The molecule has 152 valence electrons. The molecule has 3 N–H and O–H groups in total. The molecule has 2 aromatic carbocycles. The van der Waals surface area contributed by atoms with Crippen molar-refractivity contribution in [1.29, 1.82) is 0 Å². The topological polar surface area (TPSA) is 71.5 Å². The van der Waals surface area contributed by atoms with E-state index in [-0.39, 0.29) is 0 Å². The summed E-state index contributed by atoms with van der Waals surface area (Å²) in [6.07, 6.45) is 5.83. The second-order valence-corrected chi connectivity index (χ2v) is 8.23. The fourth-order valence-corrected chi connectivity index (χ4v) is 4.36. The molecule has 1 aliphatic rings. The number of fused-ring (bicyclic) bond motifs is 1. The van der Waals surface area contributed by atoms with Crippen LogP contribution in [0.5, 0.6) is 0 Å². The van der Waals surface area contributed by atoms with Crippen molar-refractivity contribution in [3.8, 4) is 22.3 Å². The lowest BCUT2D eigenvalue weighted by Crippen LogP contribution is -2.43. The van der Waals surface area contributed by atoms with Gasteiger partial charge in [-0.1, -0.05) is 24.3 Å². The van der Waals surface area contributed by atoms with Crippen LogP contribution in [0.4, 0.5) is 5.69 Å². The molecule has 0 aliphatic carbocycles. The van der Waals surface area contributed by atoms with Crippen LogP contribution in [-0.2, 0) is 0 Å². The van der Waals surface area contributed by atoms with Gasteiger partial charge in [0.1, 0.15) is 0 Å². The number of anilines is 1. The van der Waals surface area contributed by atoms with Gasteiger partial charge in [-0.05, 0) is 53.8 Å². The molecule has 0 atom stereocenters. The standard InChI is InChI=1S/C23H24N6S/c1-16-2-3-18(12-22(16)30-24)21-14-27-29-15-19(13-26-23(21)29)17-4-6-20(7-5-17)28-10-8-25-9-11-28/h2-7,12-15,25H,8-11,24H2,1H3. The van der Waals surface area contributed by atoms with E-state index in [1.54, 1.807) is 0 Å². The summed E-state index contributed by atoms with van der Waals surface area (Å²) in [6.45, 7) is 6.23. The largest absolute Gasteiger partial charge is 0.369 e. The quantitative estimate of drug-likeness (QED) is 0.494. The Kier molecular flexibility index (Phi) is 5.16. The number of aromatic nitrogens is 3. The Labute approximate surface area is 180 Å². The summed E-state index contributed by atoms with van der Waals surface area (Å²) < 4.78 is 1.85. The van der Waals surface area contributed by atoms with Crippen LogP contribution in [0.25, 0.3) is 27.9 Å². The average Bonchev–Trinajstić information content (AvgIpc) is 3.23. The highest BCUT2D eigenvalue weighted by molar-refractivity contribution is 7.97. The first-order valence-electron chi connectivity index (χ1n) is 10.1. The number of hydrogen-bond donors (Lipinski definition) is 2. The Morgan fingerprint density at radius 3 is 2.50 bits per heavy atom. The average molecular weight is 417 g/mol. The van der Waals surface area contributed by atoms with Crippen LogP contribution in [0.3, 0.4) is 0 Å². The fourth-order valence-electron chi connectivity index (χ4n) is 3.91. The van der Waals surface area contributed by atoms with E-state index in [2.05, 4.69) is 64.7 Å². The van der Waals surface area contributed by atoms with E-state index in [0.717, 1.165) is 59.0 Å². The summed E-state index contributed by atoms with van der Waals surface area (Å²) in [6, 6.07) is 15.0. The number of aryl methyl sites for hydroxylation is 1. The lowest BCUT2D eigenvalue weighted by Gasteiger charge is -2.29. The smallest absolute Gasteiger partial charge is 0.162 e.